The first kappa shape index (κ1) is 22.1. The molecule has 0 saturated carbocycles. The van der Waals surface area contributed by atoms with Gasteiger partial charge in [0.1, 0.15) is 12.0 Å². The van der Waals surface area contributed by atoms with Crippen LogP contribution < -0.4 is 0 Å². The van der Waals surface area contributed by atoms with E-state index in [0.717, 1.165) is 25.9 Å². The molecular formula is C20H37NO4. The Morgan fingerprint density at radius 3 is 2.40 bits per heavy atom. The number of methoxy groups -OCH3 is 1. The van der Waals surface area contributed by atoms with E-state index in [-0.39, 0.29) is 17.3 Å². The van der Waals surface area contributed by atoms with Crippen LogP contribution in [0.25, 0.3) is 0 Å². The molecule has 0 spiro atoms. The molecule has 1 aliphatic heterocycles. The van der Waals surface area contributed by atoms with Crippen molar-refractivity contribution in [1.29, 1.82) is 0 Å². The first-order valence-corrected chi connectivity index (χ1v) is 9.54. The van der Waals surface area contributed by atoms with Crippen LogP contribution >= 0.6 is 0 Å². The maximum Gasteiger partial charge on any atom is 0.319 e. The van der Waals surface area contributed by atoms with Crippen LogP contribution in [0, 0.1) is 17.3 Å². The summed E-state index contributed by atoms with van der Waals surface area (Å²) >= 11 is 0. The molecule has 0 aromatic rings. The molecule has 5 nitrogen and oxygen atoms in total. The van der Waals surface area contributed by atoms with Crippen LogP contribution in [0.2, 0.25) is 0 Å². The second kappa shape index (κ2) is 9.13. The largest absolute Gasteiger partial charge is 0.464 e. The van der Waals surface area contributed by atoms with E-state index < -0.39 is 11.4 Å². The molecule has 0 aromatic carbocycles. The minimum atomic E-state index is -1.12. The Morgan fingerprint density at radius 2 is 1.84 bits per heavy atom. The summed E-state index contributed by atoms with van der Waals surface area (Å²) in [6, 6.07) is 0. The predicted octanol–water partition coefficient (Wildman–Crippen LogP) is 3.31. The van der Waals surface area contributed by atoms with Crippen molar-refractivity contribution in [3.63, 3.8) is 0 Å². The Balaban J connectivity index is 3.08. The summed E-state index contributed by atoms with van der Waals surface area (Å²) in [6.45, 7) is 14.6. The molecule has 1 fully saturated rings. The van der Waals surface area contributed by atoms with E-state index in [1.54, 1.807) is 21.0 Å². The van der Waals surface area contributed by atoms with E-state index in [4.69, 9.17) is 9.47 Å². The minimum absolute atomic E-state index is 0.0712. The lowest BCUT2D eigenvalue weighted by Crippen LogP contribution is -2.42. The molecule has 0 aromatic heterocycles. The molecule has 0 N–H and O–H groups in total. The van der Waals surface area contributed by atoms with E-state index in [9.17, 15) is 9.59 Å². The molecule has 0 amide bonds. The molecule has 1 saturated heterocycles. The van der Waals surface area contributed by atoms with Gasteiger partial charge in [-0.3, -0.25) is 14.5 Å². The highest BCUT2D eigenvalue weighted by Gasteiger charge is 2.42. The predicted molar refractivity (Wildman–Crippen MR) is 99.5 cm³/mol. The number of hydrogen-bond acceptors (Lipinski definition) is 5. The van der Waals surface area contributed by atoms with Crippen molar-refractivity contribution in [3.05, 3.63) is 0 Å². The van der Waals surface area contributed by atoms with Gasteiger partial charge in [-0.1, -0.05) is 20.8 Å². The van der Waals surface area contributed by atoms with Gasteiger partial charge in [-0.15, -0.1) is 0 Å². The fraction of sp³-hybridized carbons (Fsp3) is 0.900. The highest BCUT2D eigenvalue weighted by molar-refractivity contribution is 6.03. The fourth-order valence-corrected chi connectivity index (χ4v) is 4.01. The average Bonchev–Trinajstić information content (AvgIpc) is 2.53. The molecule has 5 heteroatoms. The maximum atomic E-state index is 12.9. The molecule has 0 aliphatic carbocycles. The zero-order chi connectivity index (χ0) is 19.3. The first-order chi connectivity index (χ1) is 11.6. The maximum absolute atomic E-state index is 12.9. The number of rotatable bonds is 3. The Kier molecular flexibility index (Phi) is 8.07. The number of cyclic esters (lactones) is 1. The standard InChI is InChI=1S/C20H37NO4/c1-8-9-21-10-11-25-18(23)19(4,5)17(22)16(3)13-20(6,24-7)12-15(2)14-21/h15-16H,8-14H2,1-7H3. The van der Waals surface area contributed by atoms with Crippen LogP contribution in [-0.2, 0) is 19.1 Å². The number of esters is 1. The quantitative estimate of drug-likeness (QED) is 0.574. The SMILES string of the molecule is CCCN1CCOC(=O)C(C)(C)C(=O)C(C)CC(C)(OC)CC(C)C1. The van der Waals surface area contributed by atoms with Crippen LogP contribution in [-0.4, -0.2) is 55.6 Å². The molecule has 3 atom stereocenters. The molecule has 1 aliphatic rings. The lowest BCUT2D eigenvalue weighted by atomic mass is 9.76. The van der Waals surface area contributed by atoms with Crippen molar-refractivity contribution in [2.75, 3.05) is 33.4 Å². The molecule has 1 heterocycles. The van der Waals surface area contributed by atoms with Crippen molar-refractivity contribution in [2.24, 2.45) is 17.3 Å². The summed E-state index contributed by atoms with van der Waals surface area (Å²) < 4.78 is 11.3. The molecule has 146 valence electrons. The Bertz CT molecular complexity index is 463. The number of ketones is 1. The number of ether oxygens (including phenoxy) is 2. The Labute approximate surface area is 153 Å². The highest BCUT2D eigenvalue weighted by Crippen LogP contribution is 2.33. The number of carbonyl (C=O) groups excluding carboxylic acids is 2. The normalized spacial score (nSPS) is 33.1. The van der Waals surface area contributed by atoms with Crippen molar-refractivity contribution in [3.8, 4) is 0 Å². The van der Waals surface area contributed by atoms with Gasteiger partial charge in [0.2, 0.25) is 0 Å². The molecule has 1 rings (SSSR count). The van der Waals surface area contributed by atoms with Gasteiger partial charge in [-0.05, 0) is 52.5 Å². The summed E-state index contributed by atoms with van der Waals surface area (Å²) in [5.41, 5.74) is -1.50. The van der Waals surface area contributed by atoms with Gasteiger partial charge in [0.05, 0.1) is 5.60 Å². The van der Waals surface area contributed by atoms with Gasteiger partial charge in [0, 0.05) is 26.1 Å². The molecule has 3 unspecified atom stereocenters. The zero-order valence-corrected chi connectivity index (χ0v) is 17.2. The van der Waals surface area contributed by atoms with Gasteiger partial charge in [-0.2, -0.15) is 0 Å². The summed E-state index contributed by atoms with van der Waals surface area (Å²) in [6.07, 6.45) is 2.55. The van der Waals surface area contributed by atoms with Gasteiger partial charge in [0.25, 0.3) is 0 Å². The molecule has 25 heavy (non-hydrogen) atoms. The third-order valence-corrected chi connectivity index (χ3v) is 5.34. The number of nitrogens with zero attached hydrogens (tertiary/aromatic N) is 1. The van der Waals surface area contributed by atoms with Gasteiger partial charge in [0.15, 0.2) is 5.78 Å². The topological polar surface area (TPSA) is 55.8 Å². The van der Waals surface area contributed by atoms with E-state index in [1.807, 2.05) is 6.92 Å². The van der Waals surface area contributed by atoms with Crippen molar-refractivity contribution in [2.45, 2.75) is 66.4 Å². The Morgan fingerprint density at radius 1 is 1.20 bits per heavy atom. The smallest absolute Gasteiger partial charge is 0.319 e. The summed E-state index contributed by atoms with van der Waals surface area (Å²) in [5.74, 6) is -0.319. The number of carbonyl (C=O) groups is 2. The van der Waals surface area contributed by atoms with Crippen molar-refractivity contribution < 1.29 is 19.1 Å². The highest BCUT2D eigenvalue weighted by atomic mass is 16.5. The fourth-order valence-electron chi connectivity index (χ4n) is 4.01. The van der Waals surface area contributed by atoms with Crippen LogP contribution in [0.4, 0.5) is 0 Å². The Hall–Kier alpha value is -0.940. The van der Waals surface area contributed by atoms with Gasteiger partial charge >= 0.3 is 5.97 Å². The summed E-state index contributed by atoms with van der Waals surface area (Å²) in [4.78, 5) is 27.7. The third kappa shape index (κ3) is 6.07. The van der Waals surface area contributed by atoms with E-state index in [2.05, 4.69) is 25.7 Å². The van der Waals surface area contributed by atoms with Crippen molar-refractivity contribution in [1.82, 2.24) is 4.90 Å². The van der Waals surface area contributed by atoms with Crippen LogP contribution in [0.1, 0.15) is 60.8 Å². The first-order valence-electron chi connectivity index (χ1n) is 9.54. The molecular weight excluding hydrogens is 318 g/mol. The monoisotopic (exact) mass is 355 g/mol. The van der Waals surface area contributed by atoms with Crippen LogP contribution in [0.5, 0.6) is 0 Å². The second-order valence-electron chi connectivity index (χ2n) is 8.49. The molecule has 0 bridgehead atoms. The average molecular weight is 356 g/mol. The summed E-state index contributed by atoms with van der Waals surface area (Å²) in [7, 11) is 1.71. The van der Waals surface area contributed by atoms with Gasteiger partial charge < -0.3 is 9.47 Å². The van der Waals surface area contributed by atoms with Crippen LogP contribution in [0.15, 0.2) is 0 Å². The van der Waals surface area contributed by atoms with E-state index in [1.165, 1.54) is 0 Å². The zero-order valence-electron chi connectivity index (χ0n) is 17.2. The van der Waals surface area contributed by atoms with Gasteiger partial charge in [-0.25, -0.2) is 0 Å². The minimum Gasteiger partial charge on any atom is -0.464 e. The lowest BCUT2D eigenvalue weighted by Gasteiger charge is -2.35. The van der Waals surface area contributed by atoms with E-state index in [0.29, 0.717) is 25.5 Å². The number of hydrogen-bond donors (Lipinski definition) is 0. The molecule has 0 radical (unpaired) electrons. The third-order valence-electron chi connectivity index (χ3n) is 5.34. The number of Topliss-reactive ketones (excluding diaryl/α,β-unsaturated/α-hetero) is 1. The lowest BCUT2D eigenvalue weighted by molar-refractivity contribution is -0.160. The summed E-state index contributed by atoms with van der Waals surface area (Å²) in [5, 5.41) is 0. The van der Waals surface area contributed by atoms with Crippen LogP contribution in [0.3, 0.4) is 0 Å². The van der Waals surface area contributed by atoms with E-state index >= 15 is 0 Å². The second-order valence-corrected chi connectivity index (χ2v) is 8.49. The van der Waals surface area contributed by atoms with Crippen molar-refractivity contribution >= 4 is 11.8 Å².